The number of carbonyl (C=O) groups excluding carboxylic acids is 1. The van der Waals surface area contributed by atoms with E-state index in [2.05, 4.69) is 0 Å². The van der Waals surface area contributed by atoms with Crippen molar-refractivity contribution >= 4 is 15.7 Å². The van der Waals surface area contributed by atoms with Gasteiger partial charge in [-0.1, -0.05) is 30.3 Å². The fourth-order valence-corrected chi connectivity index (χ4v) is 3.52. The standard InChI is InChI=1S/C19H21NO4S/c1-25(22,23)17-11-9-16(10-12-17)24-18(15-7-3-2-4-8-15)19(21)20-13-5-6-14-20/h2-4,7-12,18H,5-6,13-14H2,1H3. The van der Waals surface area contributed by atoms with Crippen molar-refractivity contribution in [3.8, 4) is 5.75 Å². The molecular formula is C19H21NO4S. The third-order valence-electron chi connectivity index (χ3n) is 4.25. The van der Waals surface area contributed by atoms with E-state index < -0.39 is 15.9 Å². The maximum atomic E-state index is 12.9. The molecule has 1 aliphatic heterocycles. The van der Waals surface area contributed by atoms with Crippen LogP contribution in [0.1, 0.15) is 24.5 Å². The summed E-state index contributed by atoms with van der Waals surface area (Å²) in [5.41, 5.74) is 0.784. The van der Waals surface area contributed by atoms with E-state index >= 15 is 0 Å². The molecule has 0 aromatic heterocycles. The Balaban J connectivity index is 1.86. The first-order valence-corrected chi connectivity index (χ1v) is 10.1. The molecule has 1 aliphatic rings. The molecule has 0 N–H and O–H groups in total. The van der Waals surface area contributed by atoms with Crippen LogP contribution in [0.15, 0.2) is 59.5 Å². The van der Waals surface area contributed by atoms with Crippen LogP contribution in [0, 0.1) is 0 Å². The molecule has 1 fully saturated rings. The zero-order valence-corrected chi connectivity index (χ0v) is 14.9. The van der Waals surface area contributed by atoms with Crippen LogP contribution in [-0.2, 0) is 14.6 Å². The number of hydrogen-bond acceptors (Lipinski definition) is 4. The molecule has 5 nitrogen and oxygen atoms in total. The van der Waals surface area contributed by atoms with Crippen molar-refractivity contribution in [3.63, 3.8) is 0 Å². The van der Waals surface area contributed by atoms with Gasteiger partial charge in [-0.25, -0.2) is 8.42 Å². The summed E-state index contributed by atoms with van der Waals surface area (Å²) >= 11 is 0. The minimum Gasteiger partial charge on any atom is -0.476 e. The Hall–Kier alpha value is -2.34. The number of sulfone groups is 1. The SMILES string of the molecule is CS(=O)(=O)c1ccc(OC(C(=O)N2CCCC2)c2ccccc2)cc1. The summed E-state index contributed by atoms with van der Waals surface area (Å²) in [6.07, 6.45) is 2.45. The first-order chi connectivity index (χ1) is 11.9. The third-order valence-corrected chi connectivity index (χ3v) is 5.38. The molecule has 1 saturated heterocycles. The van der Waals surface area contributed by atoms with E-state index in [0.29, 0.717) is 5.75 Å². The average molecular weight is 359 g/mol. The first-order valence-electron chi connectivity index (χ1n) is 8.26. The number of benzene rings is 2. The molecule has 1 unspecified atom stereocenters. The van der Waals surface area contributed by atoms with Gasteiger partial charge < -0.3 is 9.64 Å². The second kappa shape index (κ2) is 7.27. The predicted molar refractivity (Wildman–Crippen MR) is 95.2 cm³/mol. The number of carbonyl (C=O) groups is 1. The fraction of sp³-hybridized carbons (Fsp3) is 0.316. The Kier molecular flexibility index (Phi) is 5.08. The highest BCUT2D eigenvalue weighted by molar-refractivity contribution is 7.90. The smallest absolute Gasteiger partial charge is 0.268 e. The van der Waals surface area contributed by atoms with Crippen LogP contribution < -0.4 is 4.74 Å². The van der Waals surface area contributed by atoms with Crippen molar-refractivity contribution in [2.75, 3.05) is 19.3 Å². The summed E-state index contributed by atoms with van der Waals surface area (Å²) in [4.78, 5) is 14.9. The van der Waals surface area contributed by atoms with Gasteiger partial charge in [-0.3, -0.25) is 4.79 Å². The summed E-state index contributed by atoms with van der Waals surface area (Å²) in [5, 5.41) is 0. The van der Waals surface area contributed by atoms with E-state index in [4.69, 9.17) is 4.74 Å². The molecule has 0 aliphatic carbocycles. The monoisotopic (exact) mass is 359 g/mol. The second-order valence-corrected chi connectivity index (χ2v) is 8.20. The van der Waals surface area contributed by atoms with E-state index in [-0.39, 0.29) is 10.8 Å². The quantitative estimate of drug-likeness (QED) is 0.823. The van der Waals surface area contributed by atoms with Gasteiger partial charge in [0.25, 0.3) is 5.91 Å². The number of rotatable bonds is 5. The molecule has 1 atom stereocenters. The number of nitrogens with zero attached hydrogens (tertiary/aromatic N) is 1. The zero-order valence-electron chi connectivity index (χ0n) is 14.1. The summed E-state index contributed by atoms with van der Waals surface area (Å²) in [6, 6.07) is 15.5. The average Bonchev–Trinajstić information content (AvgIpc) is 3.14. The van der Waals surface area contributed by atoms with E-state index in [1.54, 1.807) is 12.1 Å². The molecule has 3 rings (SSSR count). The highest BCUT2D eigenvalue weighted by Crippen LogP contribution is 2.26. The van der Waals surface area contributed by atoms with Gasteiger partial charge in [-0.15, -0.1) is 0 Å². The Labute approximate surface area is 148 Å². The Morgan fingerprint density at radius 2 is 1.60 bits per heavy atom. The van der Waals surface area contributed by atoms with Crippen LogP contribution in [0.25, 0.3) is 0 Å². The van der Waals surface area contributed by atoms with Crippen molar-refractivity contribution < 1.29 is 17.9 Å². The maximum Gasteiger partial charge on any atom is 0.268 e. The van der Waals surface area contributed by atoms with Gasteiger partial charge in [0.05, 0.1) is 4.90 Å². The minimum absolute atomic E-state index is 0.0594. The van der Waals surface area contributed by atoms with Gasteiger partial charge in [0.2, 0.25) is 6.10 Å². The largest absolute Gasteiger partial charge is 0.476 e. The van der Waals surface area contributed by atoms with Crippen molar-refractivity contribution in [3.05, 3.63) is 60.2 Å². The number of amides is 1. The van der Waals surface area contributed by atoms with Gasteiger partial charge in [0, 0.05) is 24.9 Å². The molecular weight excluding hydrogens is 338 g/mol. The van der Waals surface area contributed by atoms with Gasteiger partial charge in [-0.2, -0.15) is 0 Å². The molecule has 2 aromatic carbocycles. The van der Waals surface area contributed by atoms with Crippen LogP contribution in [-0.4, -0.2) is 38.6 Å². The summed E-state index contributed by atoms with van der Waals surface area (Å²) in [7, 11) is -3.26. The number of likely N-dealkylation sites (tertiary alicyclic amines) is 1. The second-order valence-electron chi connectivity index (χ2n) is 6.18. The van der Waals surface area contributed by atoms with Crippen molar-refractivity contribution in [2.45, 2.75) is 23.8 Å². The highest BCUT2D eigenvalue weighted by Gasteiger charge is 2.29. The third kappa shape index (κ3) is 4.20. The molecule has 1 heterocycles. The molecule has 1 amide bonds. The normalized spacial score (nSPS) is 15.8. The molecule has 0 bridgehead atoms. The molecule has 6 heteroatoms. The lowest BCUT2D eigenvalue weighted by molar-refractivity contribution is -0.137. The first kappa shape index (κ1) is 17.5. The summed E-state index contributed by atoms with van der Waals surface area (Å²) in [6.45, 7) is 1.50. The lowest BCUT2D eigenvalue weighted by atomic mass is 10.1. The van der Waals surface area contributed by atoms with Gasteiger partial charge in [0.1, 0.15) is 5.75 Å². The number of ether oxygens (including phenoxy) is 1. The molecule has 2 aromatic rings. The van der Waals surface area contributed by atoms with Crippen molar-refractivity contribution in [2.24, 2.45) is 0 Å². The zero-order chi connectivity index (χ0) is 17.9. The molecule has 132 valence electrons. The lowest BCUT2D eigenvalue weighted by Crippen LogP contribution is -2.35. The lowest BCUT2D eigenvalue weighted by Gasteiger charge is -2.24. The van der Waals surface area contributed by atoms with Crippen LogP contribution in [0.3, 0.4) is 0 Å². The van der Waals surface area contributed by atoms with Gasteiger partial charge in [-0.05, 0) is 37.1 Å². The van der Waals surface area contributed by atoms with E-state index in [0.717, 1.165) is 37.8 Å². The maximum absolute atomic E-state index is 12.9. The predicted octanol–water partition coefficient (Wildman–Crippen LogP) is 2.83. The van der Waals surface area contributed by atoms with E-state index in [9.17, 15) is 13.2 Å². The Morgan fingerprint density at radius 1 is 1.00 bits per heavy atom. The molecule has 0 spiro atoms. The highest BCUT2D eigenvalue weighted by atomic mass is 32.2. The summed E-state index contributed by atoms with van der Waals surface area (Å²) < 4.78 is 29.1. The van der Waals surface area contributed by atoms with E-state index in [1.807, 2.05) is 35.2 Å². The van der Waals surface area contributed by atoms with Gasteiger partial charge in [0.15, 0.2) is 9.84 Å². The van der Waals surface area contributed by atoms with Gasteiger partial charge >= 0.3 is 0 Å². The van der Waals surface area contributed by atoms with Crippen LogP contribution in [0.4, 0.5) is 0 Å². The van der Waals surface area contributed by atoms with Crippen molar-refractivity contribution in [1.29, 1.82) is 0 Å². The van der Waals surface area contributed by atoms with Crippen LogP contribution in [0.5, 0.6) is 5.75 Å². The van der Waals surface area contributed by atoms with Crippen LogP contribution in [0.2, 0.25) is 0 Å². The summed E-state index contributed by atoms with van der Waals surface area (Å²) in [5.74, 6) is 0.407. The molecule has 25 heavy (non-hydrogen) atoms. The Morgan fingerprint density at radius 3 is 2.16 bits per heavy atom. The Bertz CT molecular complexity index is 825. The van der Waals surface area contributed by atoms with Crippen LogP contribution >= 0.6 is 0 Å². The minimum atomic E-state index is -3.26. The topological polar surface area (TPSA) is 63.7 Å². The number of hydrogen-bond donors (Lipinski definition) is 0. The molecule has 0 radical (unpaired) electrons. The van der Waals surface area contributed by atoms with Crippen molar-refractivity contribution in [1.82, 2.24) is 4.90 Å². The fourth-order valence-electron chi connectivity index (χ4n) is 2.89. The molecule has 0 saturated carbocycles. The van der Waals surface area contributed by atoms with E-state index in [1.165, 1.54) is 12.1 Å².